The first-order valence-corrected chi connectivity index (χ1v) is 10.5. The van der Waals surface area contributed by atoms with E-state index in [9.17, 15) is 0 Å². The third-order valence-electron chi connectivity index (χ3n) is 5.37. The monoisotopic (exact) mass is 421 g/mol. The first-order chi connectivity index (χ1) is 15.5. The van der Waals surface area contributed by atoms with Crippen LogP contribution >= 0.6 is 0 Å². The average Bonchev–Trinajstić information content (AvgIpc) is 3.50. The molecule has 0 aliphatic heterocycles. The summed E-state index contributed by atoms with van der Waals surface area (Å²) in [6.45, 7) is 6.57. The molecule has 0 bridgehead atoms. The molecule has 0 N–H and O–H groups in total. The maximum absolute atomic E-state index is 5.93. The number of oxazole rings is 1. The molecule has 0 amide bonds. The van der Waals surface area contributed by atoms with Crippen LogP contribution in [0.1, 0.15) is 26.3 Å². The summed E-state index contributed by atoms with van der Waals surface area (Å²) in [5.41, 5.74) is 4.99. The molecule has 0 fully saturated rings. The van der Waals surface area contributed by atoms with Gasteiger partial charge in [0.25, 0.3) is 0 Å². The first kappa shape index (κ1) is 19.9. The Bertz CT molecular complexity index is 1330. The van der Waals surface area contributed by atoms with E-state index in [0.717, 1.165) is 28.0 Å². The van der Waals surface area contributed by atoms with Gasteiger partial charge in [0.1, 0.15) is 0 Å². The van der Waals surface area contributed by atoms with Crippen molar-refractivity contribution in [3.8, 4) is 45.7 Å². The van der Waals surface area contributed by atoms with Gasteiger partial charge in [-0.05, 0) is 47.4 Å². The van der Waals surface area contributed by atoms with Gasteiger partial charge in [-0.25, -0.2) is 4.98 Å². The Hall–Kier alpha value is -3.99. The third-order valence-corrected chi connectivity index (χ3v) is 5.37. The second-order valence-corrected chi connectivity index (χ2v) is 8.71. The van der Waals surface area contributed by atoms with E-state index in [1.165, 1.54) is 5.56 Å². The van der Waals surface area contributed by atoms with Gasteiger partial charge in [0.15, 0.2) is 5.76 Å². The zero-order valence-electron chi connectivity index (χ0n) is 18.2. The summed E-state index contributed by atoms with van der Waals surface area (Å²) < 4.78 is 11.9. The van der Waals surface area contributed by atoms with Gasteiger partial charge in [-0.3, -0.25) is 0 Å². The Kier molecular flexibility index (Phi) is 4.94. The molecule has 0 atom stereocenters. The Morgan fingerprint density at radius 1 is 0.562 bits per heavy atom. The lowest BCUT2D eigenvalue weighted by Gasteiger charge is -2.18. The zero-order chi connectivity index (χ0) is 22.1. The summed E-state index contributed by atoms with van der Waals surface area (Å²) in [5, 5.41) is 8.45. The highest BCUT2D eigenvalue weighted by Crippen LogP contribution is 2.30. The quantitative estimate of drug-likeness (QED) is 0.312. The van der Waals surface area contributed by atoms with Crippen LogP contribution in [-0.2, 0) is 5.41 Å². The predicted molar refractivity (Wildman–Crippen MR) is 125 cm³/mol. The van der Waals surface area contributed by atoms with E-state index in [4.69, 9.17) is 8.83 Å². The fraction of sp³-hybridized carbons (Fsp3) is 0.148. The van der Waals surface area contributed by atoms with Crippen LogP contribution < -0.4 is 0 Å². The molecule has 5 heteroatoms. The molecule has 5 rings (SSSR count). The van der Waals surface area contributed by atoms with Crippen LogP contribution in [-0.4, -0.2) is 15.2 Å². The number of aromatic nitrogens is 3. The summed E-state index contributed by atoms with van der Waals surface area (Å²) in [7, 11) is 0. The Balaban J connectivity index is 1.35. The molecular weight excluding hydrogens is 398 g/mol. The SMILES string of the molecule is CC(C)(C)c1ccc(-c2nnc(-c3ccc(-c4ncc(-c5ccccc5)o4)cc3)o2)cc1. The molecule has 158 valence electrons. The molecule has 2 heterocycles. The molecule has 32 heavy (non-hydrogen) atoms. The lowest BCUT2D eigenvalue weighted by atomic mass is 9.87. The number of nitrogens with zero attached hydrogens (tertiary/aromatic N) is 3. The predicted octanol–water partition coefficient (Wildman–Crippen LogP) is 7.02. The van der Waals surface area contributed by atoms with Crippen LogP contribution in [0.3, 0.4) is 0 Å². The van der Waals surface area contributed by atoms with Gasteiger partial charge < -0.3 is 8.83 Å². The van der Waals surface area contributed by atoms with Crippen molar-refractivity contribution in [2.24, 2.45) is 0 Å². The Morgan fingerprint density at radius 3 is 1.66 bits per heavy atom. The summed E-state index contributed by atoms with van der Waals surface area (Å²) in [6, 6.07) is 25.9. The minimum Gasteiger partial charge on any atom is -0.436 e. The fourth-order valence-corrected chi connectivity index (χ4v) is 3.47. The molecule has 0 aliphatic rings. The highest BCUT2D eigenvalue weighted by Gasteiger charge is 2.16. The summed E-state index contributed by atoms with van der Waals surface area (Å²) in [6.07, 6.45) is 1.74. The largest absolute Gasteiger partial charge is 0.436 e. The van der Waals surface area contributed by atoms with Crippen molar-refractivity contribution >= 4 is 0 Å². The summed E-state index contributed by atoms with van der Waals surface area (Å²) in [5.74, 6) is 2.29. The number of rotatable bonds is 4. The van der Waals surface area contributed by atoms with Crippen LogP contribution in [0, 0.1) is 0 Å². The lowest BCUT2D eigenvalue weighted by molar-refractivity contribution is 0.581. The molecular formula is C27H23N3O2. The van der Waals surface area contributed by atoms with Crippen LogP contribution in [0.5, 0.6) is 0 Å². The van der Waals surface area contributed by atoms with Gasteiger partial charge in [-0.1, -0.05) is 63.2 Å². The minimum absolute atomic E-state index is 0.102. The van der Waals surface area contributed by atoms with Crippen LogP contribution in [0.25, 0.3) is 45.7 Å². The van der Waals surface area contributed by atoms with Crippen LogP contribution in [0.2, 0.25) is 0 Å². The fourth-order valence-electron chi connectivity index (χ4n) is 3.47. The molecule has 0 spiro atoms. The third kappa shape index (κ3) is 3.97. The van der Waals surface area contributed by atoms with Crippen molar-refractivity contribution in [1.82, 2.24) is 15.2 Å². The van der Waals surface area contributed by atoms with Crippen molar-refractivity contribution in [3.63, 3.8) is 0 Å². The van der Waals surface area contributed by atoms with Gasteiger partial charge in [0, 0.05) is 22.3 Å². The van der Waals surface area contributed by atoms with Crippen LogP contribution in [0.15, 0.2) is 93.9 Å². The second-order valence-electron chi connectivity index (χ2n) is 8.71. The van der Waals surface area contributed by atoms with Crippen LogP contribution in [0.4, 0.5) is 0 Å². The highest BCUT2D eigenvalue weighted by atomic mass is 16.4. The standard InChI is InChI=1S/C27H23N3O2/c1-27(2,3)22-15-13-21(14-16-22)26-30-29-25(32-26)20-11-9-19(10-12-20)24-28-17-23(31-24)18-7-5-4-6-8-18/h4-17H,1-3H3. The van der Waals surface area contributed by atoms with Gasteiger partial charge in [0.2, 0.25) is 17.7 Å². The Morgan fingerprint density at radius 2 is 1.09 bits per heavy atom. The topological polar surface area (TPSA) is 65.0 Å². The van der Waals surface area contributed by atoms with Gasteiger partial charge >= 0.3 is 0 Å². The van der Waals surface area contributed by atoms with Gasteiger partial charge in [-0.15, -0.1) is 10.2 Å². The highest BCUT2D eigenvalue weighted by molar-refractivity contribution is 5.65. The van der Waals surface area contributed by atoms with Crippen molar-refractivity contribution in [3.05, 3.63) is 90.6 Å². The molecule has 2 aromatic heterocycles. The van der Waals surface area contributed by atoms with Gasteiger partial charge in [0.05, 0.1) is 6.20 Å². The van der Waals surface area contributed by atoms with Crippen molar-refractivity contribution in [2.75, 3.05) is 0 Å². The van der Waals surface area contributed by atoms with E-state index in [0.29, 0.717) is 17.7 Å². The average molecular weight is 422 g/mol. The molecule has 5 aromatic rings. The smallest absolute Gasteiger partial charge is 0.248 e. The summed E-state index contributed by atoms with van der Waals surface area (Å²) in [4.78, 5) is 4.42. The second kappa shape index (κ2) is 7.93. The van der Waals surface area contributed by atoms with Crippen molar-refractivity contribution in [2.45, 2.75) is 26.2 Å². The van der Waals surface area contributed by atoms with E-state index in [2.05, 4.69) is 48.1 Å². The summed E-state index contributed by atoms with van der Waals surface area (Å²) >= 11 is 0. The number of hydrogen-bond acceptors (Lipinski definition) is 5. The van der Waals surface area contributed by atoms with E-state index < -0.39 is 0 Å². The van der Waals surface area contributed by atoms with Crippen molar-refractivity contribution in [1.29, 1.82) is 0 Å². The van der Waals surface area contributed by atoms with E-state index >= 15 is 0 Å². The van der Waals surface area contributed by atoms with Gasteiger partial charge in [-0.2, -0.15) is 0 Å². The molecule has 0 aliphatic carbocycles. The lowest BCUT2D eigenvalue weighted by Crippen LogP contribution is -2.10. The normalized spacial score (nSPS) is 11.6. The van der Waals surface area contributed by atoms with Crippen molar-refractivity contribution < 1.29 is 8.83 Å². The maximum atomic E-state index is 5.93. The molecule has 0 radical (unpaired) electrons. The Labute approximate surface area is 186 Å². The van der Waals surface area contributed by atoms with E-state index in [-0.39, 0.29) is 5.41 Å². The maximum Gasteiger partial charge on any atom is 0.248 e. The molecule has 0 saturated heterocycles. The molecule has 0 saturated carbocycles. The van der Waals surface area contributed by atoms with E-state index in [1.54, 1.807) is 6.20 Å². The molecule has 0 unspecified atom stereocenters. The number of hydrogen-bond donors (Lipinski definition) is 0. The minimum atomic E-state index is 0.102. The first-order valence-electron chi connectivity index (χ1n) is 10.5. The zero-order valence-corrected chi connectivity index (χ0v) is 18.2. The van der Waals surface area contributed by atoms with E-state index in [1.807, 2.05) is 66.7 Å². The number of benzene rings is 3. The molecule has 3 aromatic carbocycles. The molecule has 5 nitrogen and oxygen atoms in total.